The fourth-order valence-electron chi connectivity index (χ4n) is 3.23. The normalized spacial score (nSPS) is 28.2. The summed E-state index contributed by atoms with van der Waals surface area (Å²) in [6.07, 6.45) is 4.33. The quantitative estimate of drug-likeness (QED) is 0.723. The highest BCUT2D eigenvalue weighted by Gasteiger charge is 2.44. The topological polar surface area (TPSA) is 91.8 Å². The van der Waals surface area contributed by atoms with Gasteiger partial charge in [-0.15, -0.1) is 0 Å². The first-order chi connectivity index (χ1) is 10.4. The fraction of sp³-hybridized carbons (Fsp3) is 0.857. The van der Waals surface area contributed by atoms with Crippen LogP contribution >= 0.6 is 11.8 Å². The highest BCUT2D eigenvalue weighted by molar-refractivity contribution is 7.98. The molecular formula is C14H23NO5S2. The third-order valence-corrected chi connectivity index (χ3v) is 7.44. The lowest BCUT2D eigenvalue weighted by Gasteiger charge is -2.32. The summed E-state index contributed by atoms with van der Waals surface area (Å²) in [6.45, 7) is 0. The predicted octanol–water partition coefficient (Wildman–Crippen LogP) is 1.14. The molecule has 1 heterocycles. The van der Waals surface area contributed by atoms with Gasteiger partial charge in [-0.05, 0) is 50.0 Å². The molecule has 1 saturated carbocycles. The molecule has 22 heavy (non-hydrogen) atoms. The van der Waals surface area contributed by atoms with Crippen LogP contribution in [-0.2, 0) is 19.6 Å². The summed E-state index contributed by atoms with van der Waals surface area (Å²) in [5.74, 6) is -0.209. The van der Waals surface area contributed by atoms with E-state index in [4.69, 9.17) is 0 Å². The van der Waals surface area contributed by atoms with Crippen molar-refractivity contribution in [3.8, 4) is 0 Å². The number of aliphatic hydroxyl groups is 1. The average Bonchev–Trinajstić information content (AvgIpc) is 2.84. The van der Waals surface area contributed by atoms with Crippen molar-refractivity contribution < 1.29 is 23.1 Å². The number of hydrogen-bond donors (Lipinski definition) is 1. The third kappa shape index (κ3) is 3.65. The molecule has 1 atom stereocenters. The van der Waals surface area contributed by atoms with E-state index in [9.17, 15) is 23.1 Å². The van der Waals surface area contributed by atoms with E-state index in [1.165, 1.54) is 0 Å². The molecule has 2 fully saturated rings. The van der Waals surface area contributed by atoms with Crippen LogP contribution in [-0.4, -0.2) is 53.0 Å². The number of carbonyl (C=O) groups excluding carboxylic acids is 2. The Balaban J connectivity index is 1.96. The van der Waals surface area contributed by atoms with Crippen LogP contribution in [0, 0.1) is 5.92 Å². The highest BCUT2D eigenvalue weighted by Crippen LogP contribution is 2.34. The van der Waals surface area contributed by atoms with E-state index in [0.29, 0.717) is 36.4 Å². The van der Waals surface area contributed by atoms with Gasteiger partial charge in [-0.3, -0.25) is 9.59 Å². The minimum atomic E-state index is -3.88. The molecule has 126 valence electrons. The maximum atomic E-state index is 12.5. The Hall–Kier alpha value is -0.600. The van der Waals surface area contributed by atoms with Crippen LogP contribution in [0.4, 0.5) is 0 Å². The lowest BCUT2D eigenvalue weighted by Crippen LogP contribution is -2.44. The molecule has 0 aromatic rings. The Morgan fingerprint density at radius 2 is 1.73 bits per heavy atom. The predicted molar refractivity (Wildman–Crippen MR) is 84.8 cm³/mol. The molecule has 0 radical (unpaired) electrons. The van der Waals surface area contributed by atoms with Crippen molar-refractivity contribution in [3.63, 3.8) is 0 Å². The van der Waals surface area contributed by atoms with Crippen molar-refractivity contribution in [1.29, 1.82) is 0 Å². The zero-order valence-electron chi connectivity index (χ0n) is 12.7. The van der Waals surface area contributed by atoms with Crippen LogP contribution in [0.3, 0.4) is 0 Å². The van der Waals surface area contributed by atoms with Gasteiger partial charge in [-0.1, -0.05) is 0 Å². The average molecular weight is 349 g/mol. The largest absolute Gasteiger partial charge is 0.393 e. The van der Waals surface area contributed by atoms with E-state index in [2.05, 4.69) is 0 Å². The second-order valence-electron chi connectivity index (χ2n) is 5.98. The molecule has 1 aliphatic carbocycles. The van der Waals surface area contributed by atoms with Crippen molar-refractivity contribution in [2.45, 2.75) is 56.3 Å². The lowest BCUT2D eigenvalue weighted by atomic mass is 9.84. The van der Waals surface area contributed by atoms with Crippen molar-refractivity contribution in [2.24, 2.45) is 5.92 Å². The zero-order valence-corrected chi connectivity index (χ0v) is 14.4. The summed E-state index contributed by atoms with van der Waals surface area (Å²) in [6, 6.07) is 0. The molecule has 1 unspecified atom stereocenters. The first-order valence-electron chi connectivity index (χ1n) is 7.64. The number of sulfonamides is 1. The molecule has 0 spiro atoms. The zero-order chi connectivity index (χ0) is 16.3. The number of rotatable bonds is 6. The summed E-state index contributed by atoms with van der Waals surface area (Å²) in [5, 5.41) is 9.43. The summed E-state index contributed by atoms with van der Waals surface area (Å²) in [5.41, 5.74) is 0. The van der Waals surface area contributed by atoms with Gasteiger partial charge in [0.2, 0.25) is 21.8 Å². The molecule has 0 aromatic heterocycles. The van der Waals surface area contributed by atoms with Crippen LogP contribution < -0.4 is 0 Å². The number of imide groups is 1. The Morgan fingerprint density at radius 3 is 2.23 bits per heavy atom. The third-order valence-electron chi connectivity index (χ3n) is 4.56. The second kappa shape index (κ2) is 7.31. The lowest BCUT2D eigenvalue weighted by molar-refractivity contribution is -0.132. The summed E-state index contributed by atoms with van der Waals surface area (Å²) in [4.78, 5) is 23.3. The molecule has 1 saturated heterocycles. The van der Waals surface area contributed by atoms with Crippen LogP contribution in [0.15, 0.2) is 0 Å². The maximum absolute atomic E-state index is 12.5. The van der Waals surface area contributed by atoms with Gasteiger partial charge < -0.3 is 5.11 Å². The second-order valence-corrected chi connectivity index (χ2v) is 9.03. The molecule has 6 nitrogen and oxygen atoms in total. The molecule has 2 aliphatic rings. The number of thioether (sulfide) groups is 1. The number of aliphatic hydroxyl groups excluding tert-OH is 1. The molecule has 2 rings (SSSR count). The van der Waals surface area contributed by atoms with Gasteiger partial charge >= 0.3 is 0 Å². The Morgan fingerprint density at radius 1 is 1.18 bits per heavy atom. The minimum absolute atomic E-state index is 0.0131. The highest BCUT2D eigenvalue weighted by atomic mass is 32.2. The molecular weight excluding hydrogens is 326 g/mol. The van der Waals surface area contributed by atoms with Gasteiger partial charge in [0, 0.05) is 12.8 Å². The summed E-state index contributed by atoms with van der Waals surface area (Å²) < 4.78 is 25.4. The van der Waals surface area contributed by atoms with E-state index in [1.807, 2.05) is 6.26 Å². The smallest absolute Gasteiger partial charge is 0.246 e. The number of hydrogen-bond acceptors (Lipinski definition) is 6. The van der Waals surface area contributed by atoms with Gasteiger partial charge in [0.1, 0.15) is 0 Å². The first kappa shape index (κ1) is 17.7. The van der Waals surface area contributed by atoms with E-state index >= 15 is 0 Å². The van der Waals surface area contributed by atoms with E-state index in [0.717, 1.165) is 5.75 Å². The Bertz CT molecular complexity index is 509. The van der Waals surface area contributed by atoms with Gasteiger partial charge in [-0.2, -0.15) is 16.1 Å². The molecule has 1 aliphatic heterocycles. The van der Waals surface area contributed by atoms with Crippen LogP contribution in [0.25, 0.3) is 0 Å². The van der Waals surface area contributed by atoms with Gasteiger partial charge in [-0.25, -0.2) is 8.42 Å². The van der Waals surface area contributed by atoms with Crippen LogP contribution in [0.2, 0.25) is 0 Å². The first-order valence-corrected chi connectivity index (χ1v) is 10.5. The Labute approximate surface area is 135 Å². The van der Waals surface area contributed by atoms with Gasteiger partial charge in [0.05, 0.1) is 11.4 Å². The fourth-order valence-corrected chi connectivity index (χ4v) is 5.63. The molecule has 1 N–H and O–H groups in total. The van der Waals surface area contributed by atoms with Crippen LogP contribution in [0.1, 0.15) is 44.9 Å². The van der Waals surface area contributed by atoms with E-state index < -0.39 is 33.2 Å². The van der Waals surface area contributed by atoms with E-state index in [-0.39, 0.29) is 18.8 Å². The number of carbonyl (C=O) groups is 2. The van der Waals surface area contributed by atoms with Gasteiger partial charge in [0.25, 0.3) is 0 Å². The van der Waals surface area contributed by atoms with Gasteiger partial charge in [0.15, 0.2) is 0 Å². The van der Waals surface area contributed by atoms with E-state index in [1.54, 1.807) is 11.8 Å². The standard InChI is InChI=1S/C14H23NO5S2/c1-21-9-8-12(16)10-2-4-11(5-3-10)22(19,20)15-13(17)6-7-14(15)18/h10-12,16H,2-9H2,1H3. The molecule has 2 amide bonds. The number of amides is 2. The van der Waals surface area contributed by atoms with Crippen molar-refractivity contribution in [3.05, 3.63) is 0 Å². The van der Waals surface area contributed by atoms with Crippen molar-refractivity contribution >= 4 is 33.6 Å². The molecule has 0 aromatic carbocycles. The number of nitrogens with zero attached hydrogens (tertiary/aromatic N) is 1. The summed E-state index contributed by atoms with van der Waals surface area (Å²) >= 11 is 1.68. The maximum Gasteiger partial charge on any atom is 0.246 e. The summed E-state index contributed by atoms with van der Waals surface area (Å²) in [7, 11) is -3.88. The monoisotopic (exact) mass is 349 g/mol. The van der Waals surface area contributed by atoms with Crippen molar-refractivity contribution in [2.75, 3.05) is 12.0 Å². The Kier molecular flexibility index (Phi) is 5.90. The molecule has 8 heteroatoms. The molecule has 0 bridgehead atoms. The van der Waals surface area contributed by atoms with Crippen LogP contribution in [0.5, 0.6) is 0 Å². The van der Waals surface area contributed by atoms with Crippen molar-refractivity contribution in [1.82, 2.24) is 4.31 Å². The minimum Gasteiger partial charge on any atom is -0.393 e. The SMILES string of the molecule is CSCCC(O)C1CCC(S(=O)(=O)N2C(=O)CCC2=O)CC1.